The van der Waals surface area contributed by atoms with Gasteiger partial charge in [0.25, 0.3) is 0 Å². The third-order valence-corrected chi connectivity index (χ3v) is 2.72. The number of amides is 2. The number of hydrogen-bond donors (Lipinski definition) is 2. The standard InChI is InChI=1S/C12H22N6O3/c1-12(2,3)21-11(20)18-7-6-14-9(8-18)10(19)15-4-5-16-17-13/h9,14H,4-8H2,1-3H3,(H,15,19)/t9-/m0/s1. The van der Waals surface area contributed by atoms with Gasteiger partial charge >= 0.3 is 6.09 Å². The highest BCUT2D eigenvalue weighted by atomic mass is 16.6. The van der Waals surface area contributed by atoms with Crippen LogP contribution in [0.1, 0.15) is 20.8 Å². The summed E-state index contributed by atoms with van der Waals surface area (Å²) in [6.07, 6.45) is -0.420. The Morgan fingerprint density at radius 1 is 1.52 bits per heavy atom. The van der Waals surface area contributed by atoms with E-state index in [0.29, 0.717) is 13.1 Å². The summed E-state index contributed by atoms with van der Waals surface area (Å²) in [4.78, 5) is 28.0. The fourth-order valence-corrected chi connectivity index (χ4v) is 1.81. The summed E-state index contributed by atoms with van der Waals surface area (Å²) < 4.78 is 5.29. The maximum Gasteiger partial charge on any atom is 0.410 e. The van der Waals surface area contributed by atoms with E-state index < -0.39 is 17.7 Å². The fourth-order valence-electron chi connectivity index (χ4n) is 1.81. The summed E-state index contributed by atoms with van der Waals surface area (Å²) >= 11 is 0. The highest BCUT2D eigenvalue weighted by Crippen LogP contribution is 2.11. The Bertz CT molecular complexity index is 427. The molecule has 21 heavy (non-hydrogen) atoms. The molecule has 1 atom stereocenters. The molecule has 1 saturated heterocycles. The Labute approximate surface area is 123 Å². The average Bonchev–Trinajstić information content (AvgIpc) is 2.41. The van der Waals surface area contributed by atoms with Crippen LogP contribution in [0, 0.1) is 0 Å². The molecule has 1 aliphatic rings. The number of piperazine rings is 1. The molecule has 9 heteroatoms. The van der Waals surface area contributed by atoms with Crippen molar-refractivity contribution in [2.75, 3.05) is 32.7 Å². The summed E-state index contributed by atoms with van der Waals surface area (Å²) in [5.41, 5.74) is 7.58. The topological polar surface area (TPSA) is 119 Å². The zero-order valence-electron chi connectivity index (χ0n) is 12.6. The number of nitrogens with zero attached hydrogens (tertiary/aromatic N) is 4. The first-order valence-electron chi connectivity index (χ1n) is 6.83. The van der Waals surface area contributed by atoms with E-state index >= 15 is 0 Å². The molecule has 0 unspecified atom stereocenters. The van der Waals surface area contributed by atoms with Gasteiger partial charge in [-0.2, -0.15) is 0 Å². The van der Waals surface area contributed by atoms with Gasteiger partial charge < -0.3 is 20.3 Å². The number of azide groups is 1. The second-order valence-corrected chi connectivity index (χ2v) is 5.68. The van der Waals surface area contributed by atoms with Crippen LogP contribution in [0.2, 0.25) is 0 Å². The first-order valence-corrected chi connectivity index (χ1v) is 6.83. The van der Waals surface area contributed by atoms with Crippen molar-refractivity contribution in [1.29, 1.82) is 0 Å². The molecule has 1 rings (SSSR count). The summed E-state index contributed by atoms with van der Waals surface area (Å²) in [5.74, 6) is -0.226. The Kier molecular flexibility index (Phi) is 6.26. The van der Waals surface area contributed by atoms with E-state index in [9.17, 15) is 9.59 Å². The van der Waals surface area contributed by atoms with E-state index in [4.69, 9.17) is 10.3 Å². The van der Waals surface area contributed by atoms with Crippen molar-refractivity contribution in [1.82, 2.24) is 15.5 Å². The molecule has 0 saturated carbocycles. The summed E-state index contributed by atoms with van der Waals surface area (Å²) in [7, 11) is 0. The fraction of sp³-hybridized carbons (Fsp3) is 0.833. The van der Waals surface area contributed by atoms with E-state index in [1.54, 1.807) is 20.8 Å². The first kappa shape index (κ1) is 17.1. The average molecular weight is 298 g/mol. The highest BCUT2D eigenvalue weighted by molar-refractivity contribution is 5.83. The number of ether oxygens (including phenoxy) is 1. The van der Waals surface area contributed by atoms with Gasteiger partial charge in [-0.05, 0) is 26.3 Å². The van der Waals surface area contributed by atoms with Crippen LogP contribution in [-0.2, 0) is 9.53 Å². The molecular formula is C12H22N6O3. The Morgan fingerprint density at radius 3 is 2.86 bits per heavy atom. The Hall–Kier alpha value is -1.99. The second kappa shape index (κ2) is 7.70. The molecule has 0 spiro atoms. The van der Waals surface area contributed by atoms with Gasteiger partial charge in [0.15, 0.2) is 0 Å². The molecular weight excluding hydrogens is 276 g/mol. The van der Waals surface area contributed by atoms with Crippen molar-refractivity contribution in [3.63, 3.8) is 0 Å². The van der Waals surface area contributed by atoms with Crippen LogP contribution in [0.4, 0.5) is 4.79 Å². The van der Waals surface area contributed by atoms with Gasteiger partial charge in [-0.15, -0.1) is 0 Å². The summed E-state index contributed by atoms with van der Waals surface area (Å²) in [5, 5.41) is 9.03. The van der Waals surface area contributed by atoms with E-state index in [2.05, 4.69) is 20.7 Å². The van der Waals surface area contributed by atoms with Gasteiger partial charge in [-0.1, -0.05) is 5.11 Å². The summed E-state index contributed by atoms with van der Waals surface area (Å²) in [6.45, 7) is 7.14. The minimum atomic E-state index is -0.561. The zero-order chi connectivity index (χ0) is 15.9. The van der Waals surface area contributed by atoms with E-state index in [1.807, 2.05) is 0 Å². The predicted octanol–water partition coefficient (Wildman–Crippen LogP) is 0.622. The molecule has 1 aliphatic heterocycles. The highest BCUT2D eigenvalue weighted by Gasteiger charge is 2.30. The lowest BCUT2D eigenvalue weighted by atomic mass is 10.2. The third kappa shape index (κ3) is 6.33. The number of rotatable bonds is 4. The van der Waals surface area contributed by atoms with Crippen LogP contribution >= 0.6 is 0 Å². The molecule has 2 amide bonds. The van der Waals surface area contributed by atoms with Gasteiger partial charge in [-0.3, -0.25) is 4.79 Å². The molecule has 9 nitrogen and oxygen atoms in total. The van der Waals surface area contributed by atoms with Crippen LogP contribution < -0.4 is 10.6 Å². The Balaban J connectivity index is 2.46. The molecule has 2 N–H and O–H groups in total. The number of carbonyl (C=O) groups excluding carboxylic acids is 2. The number of carbonyl (C=O) groups is 2. The predicted molar refractivity (Wildman–Crippen MR) is 76.6 cm³/mol. The molecule has 0 aromatic rings. The zero-order valence-corrected chi connectivity index (χ0v) is 12.6. The normalized spacial score (nSPS) is 18.6. The van der Waals surface area contributed by atoms with Crippen molar-refractivity contribution >= 4 is 12.0 Å². The second-order valence-electron chi connectivity index (χ2n) is 5.68. The van der Waals surface area contributed by atoms with E-state index in [0.717, 1.165) is 0 Å². The lowest BCUT2D eigenvalue weighted by molar-refractivity contribution is -0.124. The molecule has 0 aromatic heterocycles. The third-order valence-electron chi connectivity index (χ3n) is 2.72. The monoisotopic (exact) mass is 298 g/mol. The van der Waals surface area contributed by atoms with Crippen molar-refractivity contribution in [2.45, 2.75) is 32.4 Å². The number of hydrogen-bond acceptors (Lipinski definition) is 5. The van der Waals surface area contributed by atoms with Gasteiger partial charge in [0, 0.05) is 37.6 Å². The lowest BCUT2D eigenvalue weighted by Crippen LogP contribution is -2.59. The minimum Gasteiger partial charge on any atom is -0.444 e. The quantitative estimate of drug-likeness (QED) is 0.342. The number of nitrogens with one attached hydrogen (secondary N) is 2. The SMILES string of the molecule is CC(C)(C)OC(=O)N1CCN[C@H](C(=O)NCCN=[N+]=[N-])C1. The van der Waals surface area contributed by atoms with Crippen LogP contribution in [0.3, 0.4) is 0 Å². The van der Waals surface area contributed by atoms with Crippen molar-refractivity contribution in [3.8, 4) is 0 Å². The molecule has 1 heterocycles. The molecule has 0 bridgehead atoms. The van der Waals surface area contributed by atoms with Crippen molar-refractivity contribution in [3.05, 3.63) is 10.4 Å². The maximum absolute atomic E-state index is 12.0. The molecule has 0 aliphatic carbocycles. The van der Waals surface area contributed by atoms with Crippen LogP contribution in [0.25, 0.3) is 10.4 Å². The van der Waals surface area contributed by atoms with E-state index in [-0.39, 0.29) is 25.5 Å². The lowest BCUT2D eigenvalue weighted by Gasteiger charge is -2.34. The van der Waals surface area contributed by atoms with Crippen molar-refractivity contribution < 1.29 is 14.3 Å². The smallest absolute Gasteiger partial charge is 0.410 e. The first-order chi connectivity index (χ1) is 9.83. The van der Waals surface area contributed by atoms with Crippen LogP contribution in [-0.4, -0.2) is 61.3 Å². The molecule has 118 valence electrons. The molecule has 0 radical (unpaired) electrons. The van der Waals surface area contributed by atoms with E-state index in [1.165, 1.54) is 4.90 Å². The van der Waals surface area contributed by atoms with Gasteiger partial charge in [0.2, 0.25) is 5.91 Å². The molecule has 1 fully saturated rings. The van der Waals surface area contributed by atoms with Gasteiger partial charge in [-0.25, -0.2) is 4.79 Å². The molecule has 0 aromatic carbocycles. The maximum atomic E-state index is 12.0. The minimum absolute atomic E-state index is 0.199. The van der Waals surface area contributed by atoms with Crippen LogP contribution in [0.15, 0.2) is 5.11 Å². The largest absolute Gasteiger partial charge is 0.444 e. The summed E-state index contributed by atoms with van der Waals surface area (Å²) in [6, 6.07) is -0.489. The van der Waals surface area contributed by atoms with Gasteiger partial charge in [0.1, 0.15) is 11.6 Å². The van der Waals surface area contributed by atoms with Crippen molar-refractivity contribution in [2.24, 2.45) is 5.11 Å². The Morgan fingerprint density at radius 2 is 2.24 bits per heavy atom. The van der Waals surface area contributed by atoms with Gasteiger partial charge in [0.05, 0.1) is 0 Å². The van der Waals surface area contributed by atoms with Crippen LogP contribution in [0.5, 0.6) is 0 Å².